The van der Waals surface area contributed by atoms with Gasteiger partial charge in [-0.05, 0) is 0 Å². The topological polar surface area (TPSA) is 201 Å². The van der Waals surface area contributed by atoms with Crippen molar-refractivity contribution < 1.29 is 29.0 Å². The van der Waals surface area contributed by atoms with Gasteiger partial charge in [-0.15, -0.1) is 0 Å². The molecule has 118 valence electrons. The summed E-state index contributed by atoms with van der Waals surface area (Å²) in [6.07, 6.45) is 0.0714. The summed E-state index contributed by atoms with van der Waals surface area (Å²) >= 11 is 0. The van der Waals surface area contributed by atoms with Gasteiger partial charge in [0.25, 0.3) is 0 Å². The number of hydrogen-bond acceptors (Lipinski definition) is 9. The molecule has 1 unspecified atom stereocenters. The van der Waals surface area contributed by atoms with Crippen LogP contribution in [0.2, 0.25) is 0 Å². The maximum Gasteiger partial charge on any atom is 0.351 e. The van der Waals surface area contributed by atoms with Gasteiger partial charge in [-0.3, -0.25) is 4.57 Å². The molecule has 0 saturated carbocycles. The molecule has 2 heterocycles. The summed E-state index contributed by atoms with van der Waals surface area (Å²) in [6, 6.07) is 0. The molecule has 0 amide bonds. The molecule has 0 aliphatic heterocycles. The highest BCUT2D eigenvalue weighted by molar-refractivity contribution is 7.51. The van der Waals surface area contributed by atoms with Crippen molar-refractivity contribution in [2.24, 2.45) is 0 Å². The maximum absolute atomic E-state index is 10.6. The van der Waals surface area contributed by atoms with Crippen LogP contribution in [0.1, 0.15) is 0 Å². The lowest BCUT2D eigenvalue weighted by atomic mass is 10.5. The van der Waals surface area contributed by atoms with E-state index in [1.54, 1.807) is 0 Å². The molecule has 0 spiro atoms. The molecule has 0 saturated heterocycles. The summed E-state index contributed by atoms with van der Waals surface area (Å²) in [6.45, 7) is -0.380. The predicted octanol–water partition coefficient (Wildman–Crippen LogP) is -1.53. The van der Waals surface area contributed by atoms with Gasteiger partial charge >= 0.3 is 7.60 Å². The first-order valence-electron chi connectivity index (χ1n) is 5.28. The molecule has 0 fully saturated rings. The number of nitrogens with zero attached hydrogens (tertiary/aromatic N) is 4. The van der Waals surface area contributed by atoms with Gasteiger partial charge in [0.15, 0.2) is 30.6 Å². The van der Waals surface area contributed by atoms with Crippen LogP contribution in [0.5, 0.6) is 0 Å². The molecule has 12 nitrogen and oxygen atoms in total. The van der Waals surface area contributed by atoms with Crippen LogP contribution in [0.4, 0.5) is 5.82 Å². The summed E-state index contributed by atoms with van der Waals surface area (Å²) in [5.41, 5.74) is 6.20. The van der Waals surface area contributed by atoms with E-state index in [2.05, 4.69) is 19.7 Å². The van der Waals surface area contributed by atoms with Gasteiger partial charge in [0, 0.05) is 0 Å². The molecule has 0 radical (unpaired) electrons. The van der Waals surface area contributed by atoms with Crippen LogP contribution in [-0.2, 0) is 9.30 Å². The molecule has 0 aromatic carbocycles. The molecule has 0 bridgehead atoms. The molecule has 2 rings (SSSR count). The van der Waals surface area contributed by atoms with Gasteiger partial charge in [-0.25, -0.2) is 15.0 Å². The number of nitrogens with two attached hydrogens (primary N) is 1. The van der Waals surface area contributed by atoms with Crippen molar-refractivity contribution in [1.82, 2.24) is 25.8 Å². The van der Waals surface area contributed by atoms with Gasteiger partial charge in [-0.1, -0.05) is 0 Å². The number of fused-ring (bicyclic) bond motifs is 1. The van der Waals surface area contributed by atoms with E-state index >= 15 is 0 Å². The number of aromatic nitrogens is 4. The molecular weight excluding hydrogens is 307 g/mol. The van der Waals surface area contributed by atoms with Crippen LogP contribution < -0.4 is 16.7 Å². The minimum absolute atomic E-state index is 0. The second-order valence-electron chi connectivity index (χ2n) is 3.71. The van der Waals surface area contributed by atoms with Crippen LogP contribution in [0.25, 0.3) is 11.2 Å². The molecule has 0 aliphatic carbocycles. The molecule has 8 N–H and O–H groups in total. The summed E-state index contributed by atoms with van der Waals surface area (Å²) in [5, 5.41) is 9.36. The Hall–Kier alpha value is -1.82. The Balaban J connectivity index is 0.00000220. The second kappa shape index (κ2) is 6.76. The summed E-state index contributed by atoms with van der Waals surface area (Å²) in [7, 11) is -4.34. The third-order valence-electron chi connectivity index (χ3n) is 2.12. The van der Waals surface area contributed by atoms with Gasteiger partial charge < -0.3 is 36.4 Å². The fraction of sp³-hybridized carbons (Fsp3) is 0.375. The minimum Gasteiger partial charge on any atom is -0.405 e. The highest BCUT2D eigenvalue weighted by atomic mass is 31.2. The molecule has 2 aromatic heterocycles. The number of hydrogen-bond donors (Lipinski definition) is 5. The summed E-state index contributed by atoms with van der Waals surface area (Å²) in [5.74, 6) is 0.177. The number of nitrogen functional groups attached to an aromatic ring is 1. The Morgan fingerprint density at radius 2 is 2.10 bits per heavy atom. The van der Waals surface area contributed by atoms with E-state index in [-0.39, 0.29) is 18.6 Å². The smallest absolute Gasteiger partial charge is 0.351 e. The third-order valence-corrected chi connectivity index (χ3v) is 2.61. The van der Waals surface area contributed by atoms with Gasteiger partial charge in [0.1, 0.15) is 12.7 Å². The fourth-order valence-corrected chi connectivity index (χ4v) is 1.67. The Morgan fingerprint density at radius 1 is 1.38 bits per heavy atom. The fourth-order valence-electron chi connectivity index (χ4n) is 1.30. The van der Waals surface area contributed by atoms with E-state index in [0.717, 1.165) is 4.73 Å². The first-order valence-corrected chi connectivity index (χ1v) is 7.07. The molecule has 2 aromatic rings. The second-order valence-corrected chi connectivity index (χ2v) is 5.30. The maximum atomic E-state index is 10.6. The predicted molar refractivity (Wildman–Crippen MR) is 70.2 cm³/mol. The number of anilines is 1. The van der Waals surface area contributed by atoms with Gasteiger partial charge in [0.05, 0.1) is 0 Å². The van der Waals surface area contributed by atoms with Crippen molar-refractivity contribution in [3.8, 4) is 0 Å². The van der Waals surface area contributed by atoms with E-state index in [4.69, 9.17) is 20.4 Å². The lowest BCUT2D eigenvalue weighted by Crippen LogP contribution is -2.26. The molecule has 0 aliphatic rings. The zero-order chi connectivity index (χ0) is 14.8. The minimum atomic E-state index is -4.34. The van der Waals surface area contributed by atoms with E-state index in [1.165, 1.54) is 12.7 Å². The highest BCUT2D eigenvalue weighted by Crippen LogP contribution is 2.34. The third kappa shape index (κ3) is 4.60. The SMILES string of the molecule is N.Nc1ncnc2c1ncn2OCC(O)OCP(=O)(O)O. The van der Waals surface area contributed by atoms with Crippen LogP contribution in [0.15, 0.2) is 12.7 Å². The Morgan fingerprint density at radius 3 is 2.76 bits per heavy atom. The highest BCUT2D eigenvalue weighted by Gasteiger charge is 2.17. The van der Waals surface area contributed by atoms with E-state index < -0.39 is 20.2 Å². The molecule has 21 heavy (non-hydrogen) atoms. The van der Waals surface area contributed by atoms with E-state index in [1.807, 2.05) is 0 Å². The lowest BCUT2D eigenvalue weighted by molar-refractivity contribution is -0.127. The van der Waals surface area contributed by atoms with Crippen LogP contribution in [0.3, 0.4) is 0 Å². The number of imidazole rings is 1. The summed E-state index contributed by atoms with van der Waals surface area (Å²) in [4.78, 5) is 33.9. The van der Waals surface area contributed by atoms with Crippen LogP contribution >= 0.6 is 7.60 Å². The van der Waals surface area contributed by atoms with Crippen LogP contribution in [0, 0.1) is 0 Å². The zero-order valence-corrected chi connectivity index (χ0v) is 11.6. The number of aliphatic hydroxyl groups excluding tert-OH is 1. The number of ether oxygens (including phenoxy) is 1. The van der Waals surface area contributed by atoms with Crippen molar-refractivity contribution in [2.45, 2.75) is 6.29 Å². The number of rotatable bonds is 6. The standard InChI is InChI=1S/C8H12N5O6P.H3N/c9-7-6-8(11-2-10-7)13(3-12-6)19-1-5(14)18-4-20(15,16)17;/h2-3,5,14H,1,4H2,(H2,9,10,11)(H2,15,16,17);1H3. The average molecular weight is 322 g/mol. The van der Waals surface area contributed by atoms with E-state index in [0.29, 0.717) is 11.2 Å². The largest absolute Gasteiger partial charge is 0.405 e. The monoisotopic (exact) mass is 322 g/mol. The first kappa shape index (κ1) is 17.2. The number of aliphatic hydroxyl groups is 1. The van der Waals surface area contributed by atoms with Crippen molar-refractivity contribution in [3.05, 3.63) is 12.7 Å². The molecular formula is C8H15N6O6P. The lowest BCUT2D eigenvalue weighted by Gasteiger charge is -2.13. The average Bonchev–Trinajstić information content (AvgIpc) is 2.78. The van der Waals surface area contributed by atoms with Gasteiger partial charge in [0.2, 0.25) is 5.65 Å². The van der Waals surface area contributed by atoms with E-state index in [9.17, 15) is 9.67 Å². The normalized spacial score (nSPS) is 12.9. The summed E-state index contributed by atoms with van der Waals surface area (Å²) < 4.78 is 16.2. The van der Waals surface area contributed by atoms with Crippen LogP contribution in [-0.4, -0.2) is 53.8 Å². The Labute approximate surface area is 118 Å². The molecule has 1 atom stereocenters. The molecule has 13 heteroatoms. The van der Waals surface area contributed by atoms with Crippen molar-refractivity contribution >= 4 is 24.6 Å². The Kier molecular flexibility index (Phi) is 5.54. The quantitative estimate of drug-likeness (QED) is 0.305. The van der Waals surface area contributed by atoms with Crippen molar-refractivity contribution in [3.63, 3.8) is 0 Å². The van der Waals surface area contributed by atoms with Gasteiger partial charge in [-0.2, -0.15) is 4.73 Å². The first-order chi connectivity index (χ1) is 9.37. The van der Waals surface area contributed by atoms with Crippen molar-refractivity contribution in [2.75, 3.05) is 18.7 Å². The van der Waals surface area contributed by atoms with Crippen molar-refractivity contribution in [1.29, 1.82) is 0 Å². The Bertz CT molecular complexity index is 643. The zero-order valence-electron chi connectivity index (χ0n) is 10.7.